The number of likely N-dealkylation sites (N-methyl/N-ethyl adjacent to an activating group) is 1. The normalized spacial score (nSPS) is 13.8. The molecule has 0 spiro atoms. The molecular formula is C14H21BrN2O2. The summed E-state index contributed by atoms with van der Waals surface area (Å²) in [5.41, 5.74) is 6.91. The molecule has 2 atom stereocenters. The Labute approximate surface area is 123 Å². The van der Waals surface area contributed by atoms with Crippen molar-refractivity contribution in [2.75, 3.05) is 14.1 Å². The van der Waals surface area contributed by atoms with Crippen molar-refractivity contribution in [3.05, 3.63) is 28.2 Å². The second-order valence-corrected chi connectivity index (χ2v) is 5.79. The van der Waals surface area contributed by atoms with Crippen molar-refractivity contribution in [3.63, 3.8) is 0 Å². The lowest BCUT2D eigenvalue weighted by atomic mass is 10.1. The number of hydrogen-bond acceptors (Lipinski definition) is 3. The zero-order valence-corrected chi connectivity index (χ0v) is 13.4. The third-order valence-corrected chi connectivity index (χ3v) is 3.27. The molecule has 106 valence electrons. The van der Waals surface area contributed by atoms with E-state index in [4.69, 9.17) is 10.5 Å². The number of ether oxygens (including phenoxy) is 1. The molecule has 0 saturated carbocycles. The van der Waals surface area contributed by atoms with E-state index in [1.54, 1.807) is 21.0 Å². The van der Waals surface area contributed by atoms with E-state index in [-0.39, 0.29) is 11.9 Å². The van der Waals surface area contributed by atoms with Crippen LogP contribution < -0.4 is 10.5 Å². The van der Waals surface area contributed by atoms with Crippen LogP contribution in [0.15, 0.2) is 22.7 Å². The Balaban J connectivity index is 2.77. The Hall–Kier alpha value is -1.07. The van der Waals surface area contributed by atoms with Gasteiger partial charge < -0.3 is 15.4 Å². The highest BCUT2D eigenvalue weighted by Gasteiger charge is 2.17. The molecule has 0 heterocycles. The van der Waals surface area contributed by atoms with Gasteiger partial charge in [-0.15, -0.1) is 0 Å². The molecule has 0 aliphatic rings. The highest BCUT2D eigenvalue weighted by atomic mass is 79.9. The van der Waals surface area contributed by atoms with Crippen LogP contribution in [-0.4, -0.2) is 37.0 Å². The molecule has 1 rings (SSSR count). The van der Waals surface area contributed by atoms with E-state index in [1.807, 2.05) is 25.1 Å². The van der Waals surface area contributed by atoms with Crippen molar-refractivity contribution >= 4 is 21.8 Å². The summed E-state index contributed by atoms with van der Waals surface area (Å²) in [6.07, 6.45) is 0.302. The van der Waals surface area contributed by atoms with Gasteiger partial charge in [-0.25, -0.2) is 0 Å². The quantitative estimate of drug-likeness (QED) is 0.901. The van der Waals surface area contributed by atoms with Crippen molar-refractivity contribution in [1.82, 2.24) is 4.90 Å². The molecule has 0 saturated heterocycles. The van der Waals surface area contributed by atoms with E-state index in [0.717, 1.165) is 16.5 Å². The maximum atomic E-state index is 11.7. The smallest absolute Gasteiger partial charge is 0.262 e. The number of benzene rings is 1. The molecule has 1 amide bonds. The minimum absolute atomic E-state index is 0.0634. The van der Waals surface area contributed by atoms with Crippen LogP contribution in [-0.2, 0) is 11.2 Å². The summed E-state index contributed by atoms with van der Waals surface area (Å²) < 4.78 is 6.50. The van der Waals surface area contributed by atoms with Gasteiger partial charge in [0.1, 0.15) is 5.75 Å². The summed E-state index contributed by atoms with van der Waals surface area (Å²) in [6, 6.07) is 5.93. The topological polar surface area (TPSA) is 55.6 Å². The number of halogens is 1. The molecular weight excluding hydrogens is 308 g/mol. The van der Waals surface area contributed by atoms with E-state index in [1.165, 1.54) is 4.90 Å². The van der Waals surface area contributed by atoms with Crippen molar-refractivity contribution in [2.24, 2.45) is 5.73 Å². The SMILES string of the molecule is CC(N)Cc1ccc(OC(C)C(=O)N(C)C)c(Br)c1. The first-order valence-electron chi connectivity index (χ1n) is 6.23. The Kier molecular flexibility index (Phi) is 5.82. The third kappa shape index (κ3) is 4.84. The lowest BCUT2D eigenvalue weighted by molar-refractivity contribution is -0.135. The second-order valence-electron chi connectivity index (χ2n) is 4.94. The minimum Gasteiger partial charge on any atom is -0.480 e. The average Bonchev–Trinajstić information content (AvgIpc) is 2.30. The molecule has 4 nitrogen and oxygen atoms in total. The molecule has 2 N–H and O–H groups in total. The second kappa shape index (κ2) is 6.91. The van der Waals surface area contributed by atoms with E-state index >= 15 is 0 Å². The van der Waals surface area contributed by atoms with E-state index in [2.05, 4.69) is 15.9 Å². The fraction of sp³-hybridized carbons (Fsp3) is 0.500. The van der Waals surface area contributed by atoms with E-state index in [9.17, 15) is 4.79 Å². The molecule has 2 unspecified atom stereocenters. The van der Waals surface area contributed by atoms with Crippen LogP contribution in [0.25, 0.3) is 0 Å². The van der Waals surface area contributed by atoms with Crippen LogP contribution in [0, 0.1) is 0 Å². The largest absolute Gasteiger partial charge is 0.480 e. The van der Waals surface area contributed by atoms with Gasteiger partial charge in [-0.2, -0.15) is 0 Å². The lowest BCUT2D eigenvalue weighted by Gasteiger charge is -2.19. The summed E-state index contributed by atoms with van der Waals surface area (Å²) in [4.78, 5) is 13.3. The van der Waals surface area contributed by atoms with Gasteiger partial charge in [-0.3, -0.25) is 4.79 Å². The van der Waals surface area contributed by atoms with Crippen LogP contribution in [0.4, 0.5) is 0 Å². The number of rotatable bonds is 5. The molecule has 1 aromatic rings. The Morgan fingerprint density at radius 2 is 2.05 bits per heavy atom. The summed E-state index contributed by atoms with van der Waals surface area (Å²) in [7, 11) is 3.42. The van der Waals surface area contributed by atoms with Gasteiger partial charge >= 0.3 is 0 Å². The monoisotopic (exact) mass is 328 g/mol. The van der Waals surface area contributed by atoms with Gasteiger partial charge in [-0.05, 0) is 53.9 Å². The van der Waals surface area contributed by atoms with E-state index in [0.29, 0.717) is 5.75 Å². The number of nitrogens with zero attached hydrogens (tertiary/aromatic N) is 1. The highest BCUT2D eigenvalue weighted by molar-refractivity contribution is 9.10. The average molecular weight is 329 g/mol. The summed E-state index contributed by atoms with van der Waals surface area (Å²) in [6.45, 7) is 3.71. The van der Waals surface area contributed by atoms with Crippen molar-refractivity contribution in [2.45, 2.75) is 32.4 Å². The fourth-order valence-electron chi connectivity index (χ4n) is 1.74. The van der Waals surface area contributed by atoms with Gasteiger partial charge in [0.05, 0.1) is 4.47 Å². The number of carbonyl (C=O) groups excluding carboxylic acids is 1. The van der Waals surface area contributed by atoms with Crippen LogP contribution in [0.5, 0.6) is 5.75 Å². The van der Waals surface area contributed by atoms with Gasteiger partial charge in [0, 0.05) is 20.1 Å². The predicted octanol–water partition coefficient (Wildman–Crippen LogP) is 2.19. The van der Waals surface area contributed by atoms with Gasteiger partial charge in [0.15, 0.2) is 6.10 Å². The standard InChI is InChI=1S/C14H21BrN2O2/c1-9(16)7-11-5-6-13(12(15)8-11)19-10(2)14(18)17(3)4/h5-6,8-10H,7,16H2,1-4H3. The van der Waals surface area contributed by atoms with E-state index < -0.39 is 6.10 Å². The van der Waals surface area contributed by atoms with Gasteiger partial charge in [0.2, 0.25) is 0 Å². The third-order valence-electron chi connectivity index (χ3n) is 2.65. The van der Waals surface area contributed by atoms with Gasteiger partial charge in [-0.1, -0.05) is 6.07 Å². The summed E-state index contributed by atoms with van der Waals surface area (Å²) >= 11 is 3.46. The molecule has 1 aromatic carbocycles. The number of nitrogens with two attached hydrogens (primary N) is 1. The maximum absolute atomic E-state index is 11.7. The molecule has 0 fully saturated rings. The van der Waals surface area contributed by atoms with Crippen molar-refractivity contribution in [3.8, 4) is 5.75 Å². The predicted molar refractivity (Wildman–Crippen MR) is 80.3 cm³/mol. The Morgan fingerprint density at radius 3 is 2.53 bits per heavy atom. The van der Waals surface area contributed by atoms with Gasteiger partial charge in [0.25, 0.3) is 5.91 Å². The van der Waals surface area contributed by atoms with Crippen LogP contribution in [0.2, 0.25) is 0 Å². The highest BCUT2D eigenvalue weighted by Crippen LogP contribution is 2.27. The van der Waals surface area contributed by atoms with Crippen LogP contribution >= 0.6 is 15.9 Å². The molecule has 19 heavy (non-hydrogen) atoms. The molecule has 0 aromatic heterocycles. The maximum Gasteiger partial charge on any atom is 0.262 e. The molecule has 0 aliphatic heterocycles. The zero-order valence-electron chi connectivity index (χ0n) is 11.8. The first-order valence-corrected chi connectivity index (χ1v) is 7.02. The van der Waals surface area contributed by atoms with Crippen LogP contribution in [0.1, 0.15) is 19.4 Å². The summed E-state index contributed by atoms with van der Waals surface area (Å²) in [5.74, 6) is 0.600. The Bertz CT molecular complexity index is 447. The first kappa shape index (κ1) is 16.0. The molecule has 0 radical (unpaired) electrons. The van der Waals surface area contributed by atoms with Crippen molar-refractivity contribution < 1.29 is 9.53 Å². The minimum atomic E-state index is -0.509. The fourth-order valence-corrected chi connectivity index (χ4v) is 2.26. The van der Waals surface area contributed by atoms with Crippen molar-refractivity contribution in [1.29, 1.82) is 0 Å². The molecule has 0 aliphatic carbocycles. The number of carbonyl (C=O) groups is 1. The first-order chi connectivity index (χ1) is 8.81. The number of amides is 1. The number of hydrogen-bond donors (Lipinski definition) is 1. The van der Waals surface area contributed by atoms with Crippen LogP contribution in [0.3, 0.4) is 0 Å². The summed E-state index contributed by atoms with van der Waals surface area (Å²) in [5, 5.41) is 0. The zero-order chi connectivity index (χ0) is 14.6. The molecule has 5 heteroatoms. The lowest BCUT2D eigenvalue weighted by Crippen LogP contribution is -2.35. The Morgan fingerprint density at radius 1 is 1.42 bits per heavy atom. The molecule has 0 bridgehead atoms.